The minimum Gasteiger partial charge on any atom is -0.352 e. The molecule has 5 heteroatoms. The van der Waals surface area contributed by atoms with Gasteiger partial charge in [-0.1, -0.05) is 0 Å². The normalized spacial score (nSPS) is 9.59. The highest BCUT2D eigenvalue weighted by Gasteiger charge is 2.06. The van der Waals surface area contributed by atoms with Crippen molar-refractivity contribution in [2.24, 2.45) is 0 Å². The van der Waals surface area contributed by atoms with Crippen molar-refractivity contribution in [1.29, 1.82) is 0 Å². The van der Waals surface area contributed by atoms with Crippen molar-refractivity contribution in [1.82, 2.24) is 10.6 Å². The van der Waals surface area contributed by atoms with Gasteiger partial charge in [0.1, 0.15) is 5.82 Å². The van der Waals surface area contributed by atoms with E-state index in [4.69, 9.17) is 0 Å². The Morgan fingerprint density at radius 3 is 2.65 bits per heavy atom. The molecule has 1 rings (SSSR count). The minimum atomic E-state index is -0.285. The van der Waals surface area contributed by atoms with Crippen LogP contribution in [0, 0.1) is 12.7 Å². The van der Waals surface area contributed by atoms with Crippen LogP contribution in [0.5, 0.6) is 0 Å². The molecule has 0 bridgehead atoms. The monoisotopic (exact) mass is 260 g/mol. The van der Waals surface area contributed by atoms with E-state index in [9.17, 15) is 9.18 Å². The van der Waals surface area contributed by atoms with E-state index in [1.165, 1.54) is 12.1 Å². The molecule has 0 saturated heterocycles. The molecule has 0 unspecified atom stereocenters. The van der Waals surface area contributed by atoms with Gasteiger partial charge in [0, 0.05) is 12.1 Å². The lowest BCUT2D eigenvalue weighted by Crippen LogP contribution is -2.26. The Labute approximate surface area is 107 Å². The van der Waals surface area contributed by atoms with E-state index >= 15 is 0 Å². The molecule has 0 aliphatic rings. The standard InChI is InChI=1S/C12H17FN2O.ClH/c1-9-8-10(4-5-11(9)13)12(16)15-7-3-6-14-2;/h4-5,8,14H,3,6-7H2,1-2H3,(H,15,16);1H. The van der Waals surface area contributed by atoms with Crippen molar-refractivity contribution in [3.63, 3.8) is 0 Å². The molecule has 0 radical (unpaired) electrons. The Bertz CT molecular complexity index is 372. The predicted molar refractivity (Wildman–Crippen MR) is 69.3 cm³/mol. The minimum absolute atomic E-state index is 0. The van der Waals surface area contributed by atoms with Gasteiger partial charge in [0.25, 0.3) is 5.91 Å². The molecular weight excluding hydrogens is 243 g/mol. The number of nitrogens with one attached hydrogen (secondary N) is 2. The number of carbonyl (C=O) groups excluding carboxylic acids is 1. The van der Waals surface area contributed by atoms with Crippen LogP contribution in [-0.2, 0) is 0 Å². The molecule has 0 saturated carbocycles. The maximum atomic E-state index is 13.0. The lowest BCUT2D eigenvalue weighted by Gasteiger charge is -2.06. The molecule has 3 nitrogen and oxygen atoms in total. The molecular formula is C12H18ClFN2O. The molecule has 0 atom stereocenters. The van der Waals surface area contributed by atoms with Gasteiger partial charge in [-0.05, 0) is 50.7 Å². The van der Waals surface area contributed by atoms with Crippen molar-refractivity contribution in [3.05, 3.63) is 35.1 Å². The van der Waals surface area contributed by atoms with Crippen molar-refractivity contribution in [2.75, 3.05) is 20.1 Å². The summed E-state index contributed by atoms with van der Waals surface area (Å²) in [6.45, 7) is 3.13. The number of halogens is 2. The molecule has 2 N–H and O–H groups in total. The van der Waals surface area contributed by atoms with Crippen LogP contribution in [0.25, 0.3) is 0 Å². The van der Waals surface area contributed by atoms with Crippen LogP contribution in [0.4, 0.5) is 4.39 Å². The van der Waals surface area contributed by atoms with Gasteiger partial charge in [0.2, 0.25) is 0 Å². The molecule has 17 heavy (non-hydrogen) atoms. The Kier molecular flexibility index (Phi) is 7.50. The SMILES string of the molecule is CNCCCNC(=O)c1ccc(F)c(C)c1.Cl. The number of carbonyl (C=O) groups is 1. The smallest absolute Gasteiger partial charge is 0.251 e. The van der Waals surface area contributed by atoms with Crippen LogP contribution >= 0.6 is 12.4 Å². The van der Waals surface area contributed by atoms with E-state index in [0.717, 1.165) is 13.0 Å². The van der Waals surface area contributed by atoms with Crippen molar-refractivity contribution in [3.8, 4) is 0 Å². The van der Waals surface area contributed by atoms with Crippen LogP contribution in [0.15, 0.2) is 18.2 Å². The van der Waals surface area contributed by atoms with Crippen LogP contribution in [0.3, 0.4) is 0 Å². The number of hydrogen-bond donors (Lipinski definition) is 2. The lowest BCUT2D eigenvalue weighted by molar-refractivity contribution is 0.0953. The quantitative estimate of drug-likeness (QED) is 0.794. The van der Waals surface area contributed by atoms with E-state index in [1.807, 2.05) is 7.05 Å². The number of amides is 1. The zero-order chi connectivity index (χ0) is 12.0. The summed E-state index contributed by atoms with van der Waals surface area (Å²) in [5.41, 5.74) is 0.992. The van der Waals surface area contributed by atoms with Crippen LogP contribution in [0.1, 0.15) is 22.3 Å². The predicted octanol–water partition coefficient (Wildman–Crippen LogP) is 1.90. The number of hydrogen-bond acceptors (Lipinski definition) is 2. The molecule has 0 fully saturated rings. The van der Waals surface area contributed by atoms with Crippen molar-refractivity contribution in [2.45, 2.75) is 13.3 Å². The van der Waals surface area contributed by atoms with Crippen LogP contribution in [0.2, 0.25) is 0 Å². The van der Waals surface area contributed by atoms with Crippen molar-refractivity contribution < 1.29 is 9.18 Å². The molecule has 0 heterocycles. The molecule has 0 aromatic heterocycles. The van der Waals surface area contributed by atoms with E-state index < -0.39 is 0 Å². The average molecular weight is 261 g/mol. The second-order valence-corrected chi connectivity index (χ2v) is 3.68. The molecule has 96 valence electrons. The largest absolute Gasteiger partial charge is 0.352 e. The van der Waals surface area contributed by atoms with E-state index in [-0.39, 0.29) is 24.1 Å². The fourth-order valence-electron chi connectivity index (χ4n) is 1.36. The molecule has 0 spiro atoms. The first kappa shape index (κ1) is 15.9. The fraction of sp³-hybridized carbons (Fsp3) is 0.417. The lowest BCUT2D eigenvalue weighted by atomic mass is 10.1. The van der Waals surface area contributed by atoms with Gasteiger partial charge in [0.15, 0.2) is 0 Å². The van der Waals surface area contributed by atoms with E-state index in [2.05, 4.69) is 10.6 Å². The van der Waals surface area contributed by atoms with Gasteiger partial charge in [-0.15, -0.1) is 12.4 Å². The average Bonchev–Trinajstić information content (AvgIpc) is 2.28. The summed E-state index contributed by atoms with van der Waals surface area (Å²) in [4.78, 5) is 11.6. The first-order valence-electron chi connectivity index (χ1n) is 5.34. The highest BCUT2D eigenvalue weighted by Crippen LogP contribution is 2.08. The summed E-state index contributed by atoms with van der Waals surface area (Å²) in [6, 6.07) is 4.37. The van der Waals surface area contributed by atoms with Gasteiger partial charge in [-0.2, -0.15) is 0 Å². The molecule has 0 aliphatic carbocycles. The maximum absolute atomic E-state index is 13.0. The van der Waals surface area contributed by atoms with Crippen LogP contribution in [-0.4, -0.2) is 26.0 Å². The summed E-state index contributed by atoms with van der Waals surface area (Å²) in [5, 5.41) is 5.78. The number of aryl methyl sites for hydroxylation is 1. The summed E-state index contributed by atoms with van der Waals surface area (Å²) in [5.74, 6) is -0.439. The third-order valence-electron chi connectivity index (χ3n) is 2.31. The maximum Gasteiger partial charge on any atom is 0.251 e. The second-order valence-electron chi connectivity index (χ2n) is 3.68. The highest BCUT2D eigenvalue weighted by atomic mass is 35.5. The molecule has 1 amide bonds. The van der Waals surface area contributed by atoms with Crippen LogP contribution < -0.4 is 10.6 Å². The van der Waals surface area contributed by atoms with Gasteiger partial charge < -0.3 is 10.6 Å². The Morgan fingerprint density at radius 2 is 2.06 bits per heavy atom. The Morgan fingerprint density at radius 1 is 1.35 bits per heavy atom. The molecule has 0 aliphatic heterocycles. The molecule has 1 aromatic carbocycles. The van der Waals surface area contributed by atoms with Gasteiger partial charge in [0.05, 0.1) is 0 Å². The van der Waals surface area contributed by atoms with Gasteiger partial charge >= 0.3 is 0 Å². The Hall–Kier alpha value is -1.13. The van der Waals surface area contributed by atoms with E-state index in [1.54, 1.807) is 13.0 Å². The third-order valence-corrected chi connectivity index (χ3v) is 2.31. The fourth-order valence-corrected chi connectivity index (χ4v) is 1.36. The third kappa shape index (κ3) is 5.15. The summed E-state index contributed by atoms with van der Waals surface area (Å²) in [6.07, 6.45) is 0.877. The molecule has 1 aromatic rings. The first-order valence-corrected chi connectivity index (χ1v) is 5.34. The van der Waals surface area contributed by atoms with Crippen molar-refractivity contribution >= 4 is 18.3 Å². The van der Waals surface area contributed by atoms with Gasteiger partial charge in [-0.25, -0.2) is 4.39 Å². The Balaban J connectivity index is 0.00000256. The zero-order valence-electron chi connectivity index (χ0n) is 10.0. The highest BCUT2D eigenvalue weighted by molar-refractivity contribution is 5.94. The second kappa shape index (κ2) is 8.03. The topological polar surface area (TPSA) is 41.1 Å². The van der Waals surface area contributed by atoms with E-state index in [0.29, 0.717) is 17.7 Å². The number of benzene rings is 1. The first-order chi connectivity index (χ1) is 7.65. The number of rotatable bonds is 5. The van der Waals surface area contributed by atoms with Gasteiger partial charge in [-0.3, -0.25) is 4.79 Å². The summed E-state index contributed by atoms with van der Waals surface area (Å²) < 4.78 is 13.0. The summed E-state index contributed by atoms with van der Waals surface area (Å²) in [7, 11) is 1.87. The zero-order valence-corrected chi connectivity index (χ0v) is 10.9. The summed E-state index contributed by atoms with van der Waals surface area (Å²) >= 11 is 0.